The zero-order chi connectivity index (χ0) is 17.5. The lowest BCUT2D eigenvalue weighted by Crippen LogP contribution is -2.38. The van der Waals surface area contributed by atoms with E-state index in [0.717, 1.165) is 44.1 Å². The third kappa shape index (κ3) is 6.33. The second-order valence-corrected chi connectivity index (χ2v) is 6.85. The van der Waals surface area contributed by atoms with E-state index in [1.807, 2.05) is 25.8 Å². The first-order chi connectivity index (χ1) is 11.5. The molecule has 0 saturated carbocycles. The zero-order valence-electron chi connectivity index (χ0n) is 15.4. The highest BCUT2D eigenvalue weighted by Crippen LogP contribution is 2.22. The summed E-state index contributed by atoms with van der Waals surface area (Å²) in [4.78, 5) is 26.2. The van der Waals surface area contributed by atoms with Crippen molar-refractivity contribution in [1.82, 2.24) is 10.2 Å². The van der Waals surface area contributed by atoms with E-state index in [1.54, 1.807) is 24.3 Å². The van der Waals surface area contributed by atoms with Crippen molar-refractivity contribution in [2.75, 3.05) is 32.0 Å². The molecule has 25 heavy (non-hydrogen) atoms. The number of benzene rings is 1. The number of carbonyl (C=O) groups excluding carboxylic acids is 2. The maximum Gasteiger partial charge on any atom is 0.253 e. The smallest absolute Gasteiger partial charge is 0.253 e. The molecule has 1 aliphatic rings. The largest absolute Gasteiger partial charge is 0.339 e. The summed E-state index contributed by atoms with van der Waals surface area (Å²) in [6.45, 7) is 6.42. The van der Waals surface area contributed by atoms with Crippen molar-refractivity contribution >= 4 is 29.9 Å². The molecule has 6 heteroatoms. The topological polar surface area (TPSA) is 61.4 Å². The van der Waals surface area contributed by atoms with Crippen LogP contribution < -0.4 is 10.6 Å². The number of likely N-dealkylation sites (tertiary alicyclic amines) is 1. The number of nitrogens with one attached hydrogen (secondary N) is 2. The third-order valence-corrected chi connectivity index (χ3v) is 4.63. The Morgan fingerprint density at radius 3 is 2.28 bits per heavy atom. The first kappa shape index (κ1) is 21.5. The number of amides is 2. The molecule has 140 valence electrons. The average Bonchev–Trinajstić information content (AvgIpc) is 2.60. The maximum atomic E-state index is 12.6. The lowest BCUT2D eigenvalue weighted by atomic mass is 9.93. The minimum atomic E-state index is -0.0597. The Morgan fingerprint density at radius 2 is 1.76 bits per heavy atom. The van der Waals surface area contributed by atoms with Crippen molar-refractivity contribution in [3.8, 4) is 0 Å². The van der Waals surface area contributed by atoms with Gasteiger partial charge in [0.1, 0.15) is 0 Å². The van der Waals surface area contributed by atoms with Crippen LogP contribution in [0.25, 0.3) is 0 Å². The number of nitrogens with zero attached hydrogens (tertiary/aromatic N) is 1. The highest BCUT2D eigenvalue weighted by atomic mass is 35.5. The van der Waals surface area contributed by atoms with Crippen LogP contribution in [-0.2, 0) is 4.79 Å². The summed E-state index contributed by atoms with van der Waals surface area (Å²) in [7, 11) is 1.98. The second-order valence-electron chi connectivity index (χ2n) is 6.85. The van der Waals surface area contributed by atoms with Crippen LogP contribution in [0.1, 0.15) is 43.5 Å². The lowest BCUT2D eigenvalue weighted by molar-refractivity contribution is -0.118. The number of anilines is 1. The predicted molar refractivity (Wildman–Crippen MR) is 104 cm³/mol. The molecule has 0 bridgehead atoms. The molecule has 1 aromatic rings. The van der Waals surface area contributed by atoms with Gasteiger partial charge >= 0.3 is 0 Å². The average molecular weight is 368 g/mol. The molecule has 0 aliphatic carbocycles. The zero-order valence-corrected chi connectivity index (χ0v) is 16.2. The summed E-state index contributed by atoms with van der Waals surface area (Å²) in [5.41, 5.74) is 1.42. The molecule has 1 saturated heterocycles. The fraction of sp³-hybridized carbons (Fsp3) is 0.579. The van der Waals surface area contributed by atoms with Gasteiger partial charge in [0, 0.05) is 30.3 Å². The van der Waals surface area contributed by atoms with Crippen LogP contribution in [0.4, 0.5) is 5.69 Å². The van der Waals surface area contributed by atoms with Crippen LogP contribution in [0, 0.1) is 11.8 Å². The minimum Gasteiger partial charge on any atom is -0.339 e. The van der Waals surface area contributed by atoms with E-state index in [2.05, 4.69) is 10.6 Å². The Hall–Kier alpha value is -1.59. The molecule has 1 aliphatic heterocycles. The summed E-state index contributed by atoms with van der Waals surface area (Å²) in [6, 6.07) is 7.19. The normalized spacial score (nSPS) is 15.0. The number of halogens is 1. The molecular formula is C19H30ClN3O2. The summed E-state index contributed by atoms with van der Waals surface area (Å²) in [5.74, 6) is 0.729. The van der Waals surface area contributed by atoms with Crippen LogP contribution in [0.15, 0.2) is 24.3 Å². The molecule has 1 heterocycles. The molecule has 1 fully saturated rings. The van der Waals surface area contributed by atoms with Crippen LogP contribution in [-0.4, -0.2) is 43.4 Å². The Bertz CT molecular complexity index is 552. The van der Waals surface area contributed by atoms with Gasteiger partial charge in [-0.15, -0.1) is 12.4 Å². The minimum absolute atomic E-state index is 0. The van der Waals surface area contributed by atoms with Crippen molar-refractivity contribution in [2.24, 2.45) is 11.8 Å². The molecule has 0 unspecified atom stereocenters. The molecule has 2 N–H and O–H groups in total. The van der Waals surface area contributed by atoms with Gasteiger partial charge in [-0.1, -0.05) is 13.8 Å². The molecule has 2 amide bonds. The molecule has 0 atom stereocenters. The van der Waals surface area contributed by atoms with Gasteiger partial charge in [0.15, 0.2) is 0 Å². The first-order valence-electron chi connectivity index (χ1n) is 8.86. The van der Waals surface area contributed by atoms with E-state index in [1.165, 1.54) is 6.42 Å². The quantitative estimate of drug-likeness (QED) is 0.811. The maximum absolute atomic E-state index is 12.6. The molecule has 5 nitrogen and oxygen atoms in total. The Labute approximate surface area is 157 Å². The van der Waals surface area contributed by atoms with Crippen LogP contribution in [0.3, 0.4) is 0 Å². The molecule has 0 aromatic heterocycles. The summed E-state index contributed by atoms with van der Waals surface area (Å²) < 4.78 is 0. The van der Waals surface area contributed by atoms with Gasteiger partial charge < -0.3 is 15.5 Å². The van der Waals surface area contributed by atoms with Gasteiger partial charge in [0.05, 0.1) is 0 Å². The van der Waals surface area contributed by atoms with E-state index >= 15 is 0 Å². The molecule has 2 rings (SSSR count). The van der Waals surface area contributed by atoms with Crippen molar-refractivity contribution in [1.29, 1.82) is 0 Å². The van der Waals surface area contributed by atoms with Gasteiger partial charge in [-0.3, -0.25) is 9.59 Å². The second kappa shape index (κ2) is 10.4. The molecular weight excluding hydrogens is 338 g/mol. The summed E-state index contributed by atoms with van der Waals surface area (Å²) in [5, 5.41) is 6.03. The van der Waals surface area contributed by atoms with Crippen molar-refractivity contribution in [2.45, 2.75) is 33.1 Å². The Balaban J connectivity index is 0.00000312. The van der Waals surface area contributed by atoms with Gasteiger partial charge in [-0.05, 0) is 63.0 Å². The summed E-state index contributed by atoms with van der Waals surface area (Å²) in [6.07, 6.45) is 3.34. The number of hydrogen-bond donors (Lipinski definition) is 2. The summed E-state index contributed by atoms with van der Waals surface area (Å²) >= 11 is 0. The first-order valence-corrected chi connectivity index (χ1v) is 8.86. The fourth-order valence-corrected chi connectivity index (χ4v) is 2.94. The highest BCUT2D eigenvalue weighted by molar-refractivity contribution is 5.96. The van der Waals surface area contributed by atoms with Crippen LogP contribution >= 0.6 is 12.4 Å². The van der Waals surface area contributed by atoms with Crippen molar-refractivity contribution in [3.05, 3.63) is 29.8 Å². The third-order valence-electron chi connectivity index (χ3n) is 4.63. The molecule has 0 radical (unpaired) electrons. The van der Waals surface area contributed by atoms with Gasteiger partial charge in [0.25, 0.3) is 5.91 Å². The molecule has 0 spiro atoms. The van der Waals surface area contributed by atoms with Crippen LogP contribution in [0.2, 0.25) is 0 Å². The number of carbonyl (C=O) groups is 2. The van der Waals surface area contributed by atoms with Gasteiger partial charge in [0.2, 0.25) is 5.91 Å². The van der Waals surface area contributed by atoms with Crippen molar-refractivity contribution in [3.63, 3.8) is 0 Å². The lowest BCUT2D eigenvalue weighted by Gasteiger charge is -2.32. The Morgan fingerprint density at radius 1 is 1.16 bits per heavy atom. The highest BCUT2D eigenvalue weighted by Gasteiger charge is 2.23. The fourth-order valence-electron chi connectivity index (χ4n) is 2.94. The van der Waals surface area contributed by atoms with Gasteiger partial charge in [-0.25, -0.2) is 0 Å². The predicted octanol–water partition coefficient (Wildman–Crippen LogP) is 3.16. The number of hydrogen-bond acceptors (Lipinski definition) is 3. The van der Waals surface area contributed by atoms with Gasteiger partial charge in [-0.2, -0.15) is 0 Å². The van der Waals surface area contributed by atoms with E-state index < -0.39 is 0 Å². The van der Waals surface area contributed by atoms with Crippen molar-refractivity contribution < 1.29 is 9.59 Å². The van der Waals surface area contributed by atoms with Crippen LogP contribution in [0.5, 0.6) is 0 Å². The Kier molecular flexibility index (Phi) is 8.93. The number of piperidine rings is 1. The molecule has 1 aromatic carbocycles. The van der Waals surface area contributed by atoms with E-state index in [0.29, 0.717) is 5.56 Å². The number of rotatable bonds is 6. The van der Waals surface area contributed by atoms with E-state index in [9.17, 15) is 9.59 Å². The van der Waals surface area contributed by atoms with E-state index in [-0.39, 0.29) is 30.1 Å². The SMILES string of the molecule is CNCCC1CCN(C(=O)c2ccc(NC(=O)C(C)C)cc2)CC1.Cl. The standard InChI is InChI=1S/C19H29N3O2.ClH/c1-14(2)18(23)21-17-6-4-16(5-7-17)19(24)22-12-9-15(10-13-22)8-11-20-3;/h4-7,14-15,20H,8-13H2,1-3H3,(H,21,23);1H. The monoisotopic (exact) mass is 367 g/mol. The van der Waals surface area contributed by atoms with E-state index in [4.69, 9.17) is 0 Å².